The molecule has 1 aliphatic carbocycles. The molecule has 2 N–H and O–H groups in total. The summed E-state index contributed by atoms with van der Waals surface area (Å²) >= 11 is 0. The van der Waals surface area contributed by atoms with E-state index in [2.05, 4.69) is 10.6 Å². The van der Waals surface area contributed by atoms with Crippen LogP contribution in [0, 0.1) is 5.92 Å². The summed E-state index contributed by atoms with van der Waals surface area (Å²) in [4.78, 5) is 38.6. The molecule has 0 unspecified atom stereocenters. The molecule has 1 saturated heterocycles. The Labute approximate surface area is 163 Å². The van der Waals surface area contributed by atoms with Gasteiger partial charge in [-0.25, -0.2) is 9.59 Å². The SMILES string of the molecule is Cn1c(=O)n(C)c2cc(NC(=O)NC[C@@H]3CC(=O)N(C4CCCC4)C3)ccc21. The Morgan fingerprint density at radius 2 is 1.82 bits per heavy atom. The monoisotopic (exact) mass is 385 g/mol. The number of benzene rings is 1. The number of carbonyl (C=O) groups excluding carboxylic acids is 2. The molecule has 8 heteroatoms. The van der Waals surface area contributed by atoms with Gasteiger partial charge in [0.1, 0.15) is 0 Å². The topological polar surface area (TPSA) is 88.4 Å². The molecule has 2 fully saturated rings. The second kappa shape index (κ2) is 7.33. The molecule has 4 rings (SSSR count). The Balaban J connectivity index is 1.33. The van der Waals surface area contributed by atoms with Crippen molar-refractivity contribution in [3.05, 3.63) is 28.7 Å². The van der Waals surface area contributed by atoms with E-state index in [1.165, 1.54) is 12.8 Å². The molecule has 1 saturated carbocycles. The van der Waals surface area contributed by atoms with Gasteiger partial charge in [0.05, 0.1) is 11.0 Å². The summed E-state index contributed by atoms with van der Waals surface area (Å²) in [5, 5.41) is 5.70. The maximum absolute atomic E-state index is 12.3. The van der Waals surface area contributed by atoms with Crippen molar-refractivity contribution in [1.82, 2.24) is 19.4 Å². The Morgan fingerprint density at radius 1 is 1.11 bits per heavy atom. The summed E-state index contributed by atoms with van der Waals surface area (Å²) < 4.78 is 3.13. The van der Waals surface area contributed by atoms with Gasteiger partial charge in [0.15, 0.2) is 0 Å². The third-order valence-corrected chi connectivity index (χ3v) is 6.09. The van der Waals surface area contributed by atoms with Gasteiger partial charge >= 0.3 is 11.7 Å². The molecule has 1 aromatic heterocycles. The molecule has 2 heterocycles. The van der Waals surface area contributed by atoms with Gasteiger partial charge in [-0.15, -0.1) is 0 Å². The lowest BCUT2D eigenvalue weighted by atomic mass is 10.1. The van der Waals surface area contributed by atoms with Crippen LogP contribution in [0.3, 0.4) is 0 Å². The van der Waals surface area contributed by atoms with Crippen molar-refractivity contribution in [3.8, 4) is 0 Å². The van der Waals surface area contributed by atoms with E-state index in [-0.39, 0.29) is 23.5 Å². The van der Waals surface area contributed by atoms with E-state index in [1.54, 1.807) is 35.4 Å². The zero-order valence-corrected chi connectivity index (χ0v) is 16.4. The van der Waals surface area contributed by atoms with Gasteiger partial charge in [-0.1, -0.05) is 12.8 Å². The van der Waals surface area contributed by atoms with E-state index in [4.69, 9.17) is 0 Å². The van der Waals surface area contributed by atoms with E-state index >= 15 is 0 Å². The number of imidazole rings is 1. The van der Waals surface area contributed by atoms with E-state index < -0.39 is 0 Å². The van der Waals surface area contributed by atoms with Crippen molar-refractivity contribution in [2.75, 3.05) is 18.4 Å². The van der Waals surface area contributed by atoms with Crippen LogP contribution in [0.25, 0.3) is 11.0 Å². The van der Waals surface area contributed by atoms with Gasteiger partial charge in [0, 0.05) is 51.3 Å². The Hall–Kier alpha value is -2.77. The number of amides is 3. The summed E-state index contributed by atoms with van der Waals surface area (Å²) in [6.45, 7) is 1.22. The van der Waals surface area contributed by atoms with Gasteiger partial charge in [-0.05, 0) is 31.0 Å². The fourth-order valence-corrected chi connectivity index (χ4v) is 4.51. The quantitative estimate of drug-likeness (QED) is 0.841. The first-order valence-electron chi connectivity index (χ1n) is 9.94. The van der Waals surface area contributed by atoms with Gasteiger partial charge in [0.2, 0.25) is 5.91 Å². The van der Waals surface area contributed by atoms with Crippen LogP contribution < -0.4 is 16.3 Å². The third-order valence-electron chi connectivity index (χ3n) is 6.09. The first-order chi connectivity index (χ1) is 13.4. The molecule has 1 aromatic carbocycles. The molecule has 2 aromatic rings. The molecule has 0 bridgehead atoms. The average molecular weight is 385 g/mol. The van der Waals surface area contributed by atoms with Crippen molar-refractivity contribution in [3.63, 3.8) is 0 Å². The van der Waals surface area contributed by atoms with E-state index in [1.807, 2.05) is 11.0 Å². The molecule has 150 valence electrons. The van der Waals surface area contributed by atoms with Gasteiger partial charge < -0.3 is 15.5 Å². The first-order valence-corrected chi connectivity index (χ1v) is 9.94. The number of hydrogen-bond acceptors (Lipinski definition) is 3. The first kappa shape index (κ1) is 18.6. The van der Waals surface area contributed by atoms with Crippen LogP contribution >= 0.6 is 0 Å². The highest BCUT2D eigenvalue weighted by atomic mass is 16.2. The highest BCUT2D eigenvalue weighted by Crippen LogP contribution is 2.29. The van der Waals surface area contributed by atoms with Crippen LogP contribution in [0.1, 0.15) is 32.1 Å². The van der Waals surface area contributed by atoms with Gasteiger partial charge in [0.25, 0.3) is 0 Å². The highest BCUT2D eigenvalue weighted by Gasteiger charge is 2.35. The number of hydrogen-bond donors (Lipinski definition) is 2. The molecule has 2 aliphatic rings. The minimum absolute atomic E-state index is 0.102. The van der Waals surface area contributed by atoms with Crippen molar-refractivity contribution >= 4 is 28.7 Å². The lowest BCUT2D eigenvalue weighted by Gasteiger charge is -2.24. The van der Waals surface area contributed by atoms with Crippen LogP contribution in [0.15, 0.2) is 23.0 Å². The summed E-state index contributed by atoms with van der Waals surface area (Å²) in [7, 11) is 3.43. The minimum atomic E-state index is -0.299. The van der Waals surface area contributed by atoms with E-state index in [0.717, 1.165) is 30.4 Å². The van der Waals surface area contributed by atoms with E-state index in [0.29, 0.717) is 24.7 Å². The Morgan fingerprint density at radius 3 is 2.57 bits per heavy atom. The van der Waals surface area contributed by atoms with Crippen LogP contribution in [0.2, 0.25) is 0 Å². The number of anilines is 1. The van der Waals surface area contributed by atoms with E-state index in [9.17, 15) is 14.4 Å². The number of urea groups is 1. The molecule has 28 heavy (non-hydrogen) atoms. The number of nitrogens with zero attached hydrogens (tertiary/aromatic N) is 3. The Kier molecular flexibility index (Phi) is 4.87. The number of carbonyl (C=O) groups is 2. The molecule has 8 nitrogen and oxygen atoms in total. The molecular formula is C20H27N5O3. The predicted octanol–water partition coefficient (Wildman–Crippen LogP) is 1.79. The maximum Gasteiger partial charge on any atom is 0.328 e. The zero-order valence-electron chi connectivity index (χ0n) is 16.4. The fraction of sp³-hybridized carbons (Fsp3) is 0.550. The Bertz CT molecular complexity index is 970. The van der Waals surface area contributed by atoms with Gasteiger partial charge in [-0.2, -0.15) is 0 Å². The molecule has 3 amide bonds. The van der Waals surface area contributed by atoms with Crippen molar-refractivity contribution in [2.45, 2.75) is 38.1 Å². The number of fused-ring (bicyclic) bond motifs is 1. The molecule has 0 spiro atoms. The van der Waals surface area contributed by atoms with Crippen molar-refractivity contribution < 1.29 is 9.59 Å². The van der Waals surface area contributed by atoms with Gasteiger partial charge in [-0.3, -0.25) is 13.9 Å². The van der Waals surface area contributed by atoms with Crippen LogP contribution in [-0.2, 0) is 18.9 Å². The normalized spacial score (nSPS) is 20.3. The smallest absolute Gasteiger partial charge is 0.328 e. The zero-order chi connectivity index (χ0) is 19.8. The largest absolute Gasteiger partial charge is 0.339 e. The lowest BCUT2D eigenvalue weighted by Crippen LogP contribution is -2.36. The number of likely N-dealkylation sites (tertiary alicyclic amines) is 1. The number of aryl methyl sites for hydroxylation is 2. The third kappa shape index (κ3) is 3.39. The standard InChI is InChI=1S/C20H27N5O3/c1-23-16-8-7-14(10-17(16)24(2)20(23)28)22-19(27)21-11-13-9-18(26)25(12-13)15-5-3-4-6-15/h7-8,10,13,15H,3-6,9,11-12H2,1-2H3,(H2,21,22,27)/t13-/m0/s1. The summed E-state index contributed by atoms with van der Waals surface area (Å²) in [6, 6.07) is 5.49. The predicted molar refractivity (Wildman–Crippen MR) is 107 cm³/mol. The highest BCUT2D eigenvalue weighted by molar-refractivity contribution is 5.92. The fourth-order valence-electron chi connectivity index (χ4n) is 4.51. The molecule has 1 aliphatic heterocycles. The summed E-state index contributed by atoms with van der Waals surface area (Å²) in [5.41, 5.74) is 2.10. The summed E-state index contributed by atoms with van der Waals surface area (Å²) in [5.74, 6) is 0.380. The van der Waals surface area contributed by atoms with Crippen molar-refractivity contribution in [1.29, 1.82) is 0 Å². The number of aromatic nitrogens is 2. The molecule has 0 radical (unpaired) electrons. The van der Waals surface area contributed by atoms with Crippen molar-refractivity contribution in [2.24, 2.45) is 20.0 Å². The van der Waals surface area contributed by atoms with Crippen LogP contribution in [-0.4, -0.2) is 45.1 Å². The summed E-state index contributed by atoms with van der Waals surface area (Å²) in [6.07, 6.45) is 5.14. The average Bonchev–Trinajstić information content (AvgIpc) is 3.37. The number of rotatable bonds is 4. The molecular weight excluding hydrogens is 358 g/mol. The second-order valence-corrected chi connectivity index (χ2v) is 7.99. The van der Waals surface area contributed by atoms with Crippen LogP contribution in [0.4, 0.5) is 10.5 Å². The maximum atomic E-state index is 12.3. The second-order valence-electron chi connectivity index (χ2n) is 7.99. The minimum Gasteiger partial charge on any atom is -0.339 e. The lowest BCUT2D eigenvalue weighted by molar-refractivity contribution is -0.129. The number of nitrogens with one attached hydrogen (secondary N) is 2. The van der Waals surface area contributed by atoms with Crippen LogP contribution in [0.5, 0.6) is 0 Å². The molecule has 1 atom stereocenters.